The molecule has 1 N–H and O–H groups in total. The van der Waals surface area contributed by atoms with Gasteiger partial charge >= 0.3 is 0 Å². The minimum Gasteiger partial charge on any atom is -0.313 e. The minimum atomic E-state index is 0.926. The van der Waals surface area contributed by atoms with Crippen molar-refractivity contribution >= 4 is 0 Å². The quantitative estimate of drug-likeness (QED) is 0.646. The first-order chi connectivity index (χ1) is 8.86. The molecule has 0 bridgehead atoms. The molecule has 1 heterocycles. The third kappa shape index (κ3) is 6.72. The number of rotatable bonds is 10. The second-order valence-corrected chi connectivity index (χ2v) is 4.73. The van der Waals surface area contributed by atoms with Gasteiger partial charge in [0.2, 0.25) is 0 Å². The average Bonchev–Trinajstić information content (AvgIpc) is 2.40. The summed E-state index contributed by atoms with van der Waals surface area (Å²) in [7, 11) is 0. The summed E-state index contributed by atoms with van der Waals surface area (Å²) in [6.45, 7) is 10.2. The predicted molar refractivity (Wildman–Crippen MR) is 77.6 cm³/mol. The van der Waals surface area contributed by atoms with Crippen molar-refractivity contribution in [3.8, 4) is 0 Å². The van der Waals surface area contributed by atoms with E-state index in [9.17, 15) is 0 Å². The van der Waals surface area contributed by atoms with Gasteiger partial charge in [0.05, 0.1) is 0 Å². The average molecular weight is 249 g/mol. The van der Waals surface area contributed by atoms with E-state index in [1.807, 2.05) is 18.5 Å². The Morgan fingerprint density at radius 3 is 2.56 bits per heavy atom. The maximum Gasteiger partial charge on any atom is 0.0312 e. The molecule has 3 nitrogen and oxygen atoms in total. The highest BCUT2D eigenvalue weighted by atomic mass is 15.1. The van der Waals surface area contributed by atoms with Gasteiger partial charge in [0.15, 0.2) is 0 Å². The van der Waals surface area contributed by atoms with Crippen LogP contribution in [0, 0.1) is 0 Å². The van der Waals surface area contributed by atoms with Gasteiger partial charge in [-0.15, -0.1) is 0 Å². The molecule has 0 radical (unpaired) electrons. The lowest BCUT2D eigenvalue weighted by atomic mass is 10.2. The number of pyridine rings is 1. The van der Waals surface area contributed by atoms with Crippen molar-refractivity contribution in [2.24, 2.45) is 0 Å². The molecule has 1 aromatic heterocycles. The fraction of sp³-hybridized carbons (Fsp3) is 0.667. The normalized spacial score (nSPS) is 11.1. The number of hydrogen-bond acceptors (Lipinski definition) is 3. The van der Waals surface area contributed by atoms with Crippen LogP contribution < -0.4 is 5.32 Å². The topological polar surface area (TPSA) is 28.2 Å². The monoisotopic (exact) mass is 249 g/mol. The Kier molecular flexibility index (Phi) is 8.43. The Balaban J connectivity index is 2.06. The van der Waals surface area contributed by atoms with Crippen molar-refractivity contribution in [2.45, 2.75) is 39.7 Å². The molecule has 1 rings (SSSR count). The van der Waals surface area contributed by atoms with Crippen LogP contribution in [0.1, 0.15) is 38.7 Å². The van der Waals surface area contributed by atoms with Gasteiger partial charge in [-0.05, 0) is 57.1 Å². The first-order valence-corrected chi connectivity index (χ1v) is 7.18. The van der Waals surface area contributed by atoms with Crippen LogP contribution in [0.3, 0.4) is 0 Å². The van der Waals surface area contributed by atoms with E-state index in [0.717, 1.165) is 13.1 Å². The molecule has 0 aliphatic heterocycles. The van der Waals surface area contributed by atoms with E-state index in [4.69, 9.17) is 0 Å². The largest absolute Gasteiger partial charge is 0.313 e. The van der Waals surface area contributed by atoms with Gasteiger partial charge in [0.25, 0.3) is 0 Å². The lowest BCUT2D eigenvalue weighted by Gasteiger charge is -2.20. The van der Waals surface area contributed by atoms with E-state index in [2.05, 4.69) is 35.1 Å². The summed E-state index contributed by atoms with van der Waals surface area (Å²) in [6.07, 6.45) is 7.47. The number of aromatic nitrogens is 1. The van der Waals surface area contributed by atoms with Crippen LogP contribution in [0.2, 0.25) is 0 Å². The van der Waals surface area contributed by atoms with Gasteiger partial charge in [0.1, 0.15) is 0 Å². The third-order valence-corrected chi connectivity index (χ3v) is 2.96. The van der Waals surface area contributed by atoms with Crippen molar-refractivity contribution in [1.29, 1.82) is 0 Å². The predicted octanol–water partition coefficient (Wildman–Crippen LogP) is 2.68. The number of nitrogens with one attached hydrogen (secondary N) is 1. The minimum absolute atomic E-state index is 0.926. The maximum atomic E-state index is 4.11. The van der Waals surface area contributed by atoms with Crippen LogP contribution in [0.25, 0.3) is 0 Å². The number of hydrogen-bond donors (Lipinski definition) is 1. The van der Waals surface area contributed by atoms with Gasteiger partial charge in [-0.2, -0.15) is 0 Å². The molecule has 0 aliphatic carbocycles. The highest BCUT2D eigenvalue weighted by Gasteiger charge is 2.01. The standard InChI is InChI=1S/C15H27N3/c1-3-10-18(11-4-2)12-6-9-17-14-15-7-5-8-16-13-15/h5,7-8,13,17H,3-4,6,9-12,14H2,1-2H3. The van der Waals surface area contributed by atoms with Crippen molar-refractivity contribution in [1.82, 2.24) is 15.2 Å². The van der Waals surface area contributed by atoms with Crippen LogP contribution in [0.4, 0.5) is 0 Å². The van der Waals surface area contributed by atoms with Gasteiger partial charge in [-0.3, -0.25) is 4.98 Å². The molecule has 0 aromatic carbocycles. The van der Waals surface area contributed by atoms with Crippen molar-refractivity contribution in [2.75, 3.05) is 26.2 Å². The molecular formula is C15H27N3. The molecule has 0 saturated carbocycles. The molecule has 0 saturated heterocycles. The van der Waals surface area contributed by atoms with E-state index in [0.29, 0.717) is 0 Å². The highest BCUT2D eigenvalue weighted by Crippen LogP contribution is 1.97. The fourth-order valence-electron chi connectivity index (χ4n) is 2.13. The first-order valence-electron chi connectivity index (χ1n) is 7.18. The van der Waals surface area contributed by atoms with Gasteiger partial charge in [-0.25, -0.2) is 0 Å². The Morgan fingerprint density at radius 2 is 1.94 bits per heavy atom. The Hall–Kier alpha value is -0.930. The van der Waals surface area contributed by atoms with Gasteiger partial charge in [0, 0.05) is 18.9 Å². The Bertz CT molecular complexity index is 281. The fourth-order valence-corrected chi connectivity index (χ4v) is 2.13. The van der Waals surface area contributed by atoms with Crippen LogP contribution in [0.5, 0.6) is 0 Å². The van der Waals surface area contributed by atoms with E-state index < -0.39 is 0 Å². The molecule has 3 heteroatoms. The zero-order valence-corrected chi connectivity index (χ0v) is 11.9. The molecule has 18 heavy (non-hydrogen) atoms. The summed E-state index contributed by atoms with van der Waals surface area (Å²) in [6, 6.07) is 4.10. The highest BCUT2D eigenvalue weighted by molar-refractivity contribution is 5.07. The van der Waals surface area contributed by atoms with Gasteiger partial charge in [-0.1, -0.05) is 19.9 Å². The summed E-state index contributed by atoms with van der Waals surface area (Å²) in [5, 5.41) is 3.47. The van der Waals surface area contributed by atoms with Crippen LogP contribution >= 0.6 is 0 Å². The van der Waals surface area contributed by atoms with Crippen molar-refractivity contribution in [3.05, 3.63) is 30.1 Å². The summed E-state index contributed by atoms with van der Waals surface area (Å²) >= 11 is 0. The summed E-state index contributed by atoms with van der Waals surface area (Å²) in [5.41, 5.74) is 1.26. The van der Waals surface area contributed by atoms with E-state index in [-0.39, 0.29) is 0 Å². The van der Waals surface area contributed by atoms with E-state index in [1.54, 1.807) is 0 Å². The maximum absolute atomic E-state index is 4.11. The second-order valence-electron chi connectivity index (χ2n) is 4.73. The molecule has 102 valence electrons. The Labute approximate surface area is 112 Å². The molecule has 1 aromatic rings. The lowest BCUT2D eigenvalue weighted by molar-refractivity contribution is 0.270. The van der Waals surface area contributed by atoms with Crippen LogP contribution in [0.15, 0.2) is 24.5 Å². The first kappa shape index (κ1) is 15.1. The molecule has 0 amide bonds. The van der Waals surface area contributed by atoms with Crippen LogP contribution in [-0.2, 0) is 6.54 Å². The molecule has 0 aliphatic rings. The molecule has 0 spiro atoms. The zero-order chi connectivity index (χ0) is 13.1. The van der Waals surface area contributed by atoms with E-state index in [1.165, 1.54) is 44.5 Å². The Morgan fingerprint density at radius 1 is 1.17 bits per heavy atom. The molecular weight excluding hydrogens is 222 g/mol. The SMILES string of the molecule is CCCN(CCC)CCCNCc1cccnc1. The summed E-state index contributed by atoms with van der Waals surface area (Å²) in [5.74, 6) is 0. The third-order valence-electron chi connectivity index (χ3n) is 2.96. The van der Waals surface area contributed by atoms with Crippen molar-refractivity contribution in [3.63, 3.8) is 0 Å². The lowest BCUT2D eigenvalue weighted by Crippen LogP contribution is -2.29. The molecule has 0 atom stereocenters. The zero-order valence-electron chi connectivity index (χ0n) is 11.9. The smallest absolute Gasteiger partial charge is 0.0312 e. The van der Waals surface area contributed by atoms with E-state index >= 15 is 0 Å². The van der Waals surface area contributed by atoms with Crippen molar-refractivity contribution < 1.29 is 0 Å². The summed E-state index contributed by atoms with van der Waals surface area (Å²) in [4.78, 5) is 6.67. The molecule has 0 fully saturated rings. The number of nitrogens with zero attached hydrogens (tertiary/aromatic N) is 2. The summed E-state index contributed by atoms with van der Waals surface area (Å²) < 4.78 is 0. The van der Waals surface area contributed by atoms with Gasteiger partial charge < -0.3 is 10.2 Å². The molecule has 0 unspecified atom stereocenters. The van der Waals surface area contributed by atoms with Crippen LogP contribution in [-0.4, -0.2) is 36.1 Å². The second kappa shape index (κ2) is 10.0.